The van der Waals surface area contributed by atoms with Crippen molar-refractivity contribution in [3.63, 3.8) is 0 Å². The molecule has 1 heterocycles. The van der Waals surface area contributed by atoms with Crippen molar-refractivity contribution in [3.8, 4) is 5.75 Å². The van der Waals surface area contributed by atoms with Gasteiger partial charge in [0.05, 0.1) is 0 Å². The van der Waals surface area contributed by atoms with Crippen LogP contribution in [0.3, 0.4) is 0 Å². The number of aryl methyl sites for hydroxylation is 1. The van der Waals surface area contributed by atoms with Crippen molar-refractivity contribution in [2.24, 2.45) is 0 Å². The molecule has 1 saturated carbocycles. The molecule has 8 heteroatoms. The predicted molar refractivity (Wildman–Crippen MR) is 112 cm³/mol. The van der Waals surface area contributed by atoms with E-state index in [4.69, 9.17) is 16.3 Å². The van der Waals surface area contributed by atoms with Gasteiger partial charge in [0, 0.05) is 24.0 Å². The van der Waals surface area contributed by atoms with Crippen LogP contribution in [0.4, 0.5) is 0 Å². The maximum absolute atomic E-state index is 12.3. The van der Waals surface area contributed by atoms with Crippen LogP contribution < -0.4 is 10.1 Å². The Balaban J connectivity index is 1.46. The van der Waals surface area contributed by atoms with Crippen molar-refractivity contribution < 1.29 is 9.53 Å². The van der Waals surface area contributed by atoms with Crippen LogP contribution in [-0.2, 0) is 11.2 Å². The van der Waals surface area contributed by atoms with E-state index in [1.165, 1.54) is 25.7 Å². The number of carbonyl (C=O) groups is 1. The molecule has 2 aromatic rings. The van der Waals surface area contributed by atoms with Crippen LogP contribution >= 0.6 is 23.4 Å². The Morgan fingerprint density at radius 1 is 1.39 bits per heavy atom. The lowest BCUT2D eigenvalue weighted by atomic mass is 10.2. The summed E-state index contributed by atoms with van der Waals surface area (Å²) in [6, 6.07) is 7.57. The average Bonchev–Trinajstić information content (AvgIpc) is 3.34. The van der Waals surface area contributed by atoms with E-state index in [1.54, 1.807) is 43.0 Å². The second-order valence-electron chi connectivity index (χ2n) is 7.02. The Bertz CT molecular complexity index is 792. The number of ether oxygens (including phenoxy) is 1. The summed E-state index contributed by atoms with van der Waals surface area (Å²) in [5.41, 5.74) is 0. The van der Waals surface area contributed by atoms with E-state index < -0.39 is 6.10 Å². The van der Waals surface area contributed by atoms with E-state index in [0.29, 0.717) is 23.4 Å². The summed E-state index contributed by atoms with van der Waals surface area (Å²) in [5, 5.41) is 13.2. The van der Waals surface area contributed by atoms with Crippen LogP contribution in [0.25, 0.3) is 0 Å². The zero-order valence-electron chi connectivity index (χ0n) is 16.4. The molecular formula is C20H27ClN4O2S. The summed E-state index contributed by atoms with van der Waals surface area (Å²) in [6.45, 7) is 2.31. The van der Waals surface area contributed by atoms with Crippen LogP contribution in [0.15, 0.2) is 29.4 Å². The van der Waals surface area contributed by atoms with Gasteiger partial charge in [0.2, 0.25) is 0 Å². The first-order valence-electron chi connectivity index (χ1n) is 9.76. The number of aromatic nitrogens is 3. The predicted octanol–water partition coefficient (Wildman–Crippen LogP) is 4.28. The Hall–Kier alpha value is -1.73. The summed E-state index contributed by atoms with van der Waals surface area (Å²) in [5.74, 6) is 1.47. The summed E-state index contributed by atoms with van der Waals surface area (Å²) >= 11 is 7.59. The zero-order chi connectivity index (χ0) is 19.9. The fourth-order valence-electron chi connectivity index (χ4n) is 3.55. The van der Waals surface area contributed by atoms with Crippen molar-refractivity contribution >= 4 is 29.3 Å². The number of nitrogens with zero attached hydrogens (tertiary/aromatic N) is 3. The highest BCUT2D eigenvalue weighted by molar-refractivity contribution is 7.98. The maximum Gasteiger partial charge on any atom is 0.260 e. The quantitative estimate of drug-likeness (QED) is 0.482. The molecule has 152 valence electrons. The van der Waals surface area contributed by atoms with Crippen LogP contribution in [-0.4, -0.2) is 39.6 Å². The molecule has 6 nitrogen and oxygen atoms in total. The number of rotatable bonds is 9. The maximum atomic E-state index is 12.3. The van der Waals surface area contributed by atoms with Crippen molar-refractivity contribution in [2.75, 3.05) is 12.8 Å². The average molecular weight is 423 g/mol. The number of hydrogen-bond donors (Lipinski definition) is 1. The van der Waals surface area contributed by atoms with Gasteiger partial charge in [-0.15, -0.1) is 10.2 Å². The molecule has 0 saturated heterocycles. The lowest BCUT2D eigenvalue weighted by Crippen LogP contribution is -2.37. The van der Waals surface area contributed by atoms with Gasteiger partial charge in [0.15, 0.2) is 11.3 Å². The minimum atomic E-state index is -0.580. The lowest BCUT2D eigenvalue weighted by molar-refractivity contribution is -0.127. The second-order valence-corrected chi connectivity index (χ2v) is 8.23. The summed E-state index contributed by atoms with van der Waals surface area (Å²) in [6.07, 6.45) is 8.03. The van der Waals surface area contributed by atoms with Crippen LogP contribution in [0, 0.1) is 0 Å². The third kappa shape index (κ3) is 5.41. The Labute approximate surface area is 175 Å². The Morgan fingerprint density at radius 3 is 2.89 bits per heavy atom. The van der Waals surface area contributed by atoms with E-state index >= 15 is 0 Å². The van der Waals surface area contributed by atoms with E-state index in [-0.39, 0.29) is 5.91 Å². The number of halogens is 1. The normalized spacial score (nSPS) is 15.5. The van der Waals surface area contributed by atoms with Crippen LogP contribution in [0.2, 0.25) is 5.02 Å². The molecule has 1 aliphatic carbocycles. The van der Waals surface area contributed by atoms with Gasteiger partial charge in [-0.25, -0.2) is 0 Å². The SMILES string of the molecule is CSc1nnc(CCCNC(=O)C(C)Oc2cccc(Cl)c2)n1C1CCCC1. The van der Waals surface area contributed by atoms with Gasteiger partial charge in [-0.2, -0.15) is 0 Å². The van der Waals surface area contributed by atoms with Gasteiger partial charge in [-0.1, -0.05) is 42.3 Å². The molecule has 1 unspecified atom stereocenters. The standard InChI is InChI=1S/C20H27ClN4O2S/c1-14(27-17-10-5-7-15(21)13-17)19(26)22-12-6-11-18-23-24-20(28-2)25(18)16-8-3-4-9-16/h5,7,10,13-14,16H,3-4,6,8-9,11-12H2,1-2H3,(H,22,26). The molecule has 0 spiro atoms. The number of thioether (sulfide) groups is 1. The highest BCUT2D eigenvalue weighted by atomic mass is 35.5. The molecule has 1 atom stereocenters. The van der Waals surface area contributed by atoms with Crippen LogP contribution in [0.1, 0.15) is 50.9 Å². The first-order chi connectivity index (χ1) is 13.6. The molecule has 0 radical (unpaired) electrons. The molecule has 1 aromatic heterocycles. The molecule has 1 aromatic carbocycles. The van der Waals surface area contributed by atoms with E-state index in [9.17, 15) is 4.79 Å². The first kappa shape index (κ1) is 21.0. The fraction of sp³-hybridized carbons (Fsp3) is 0.550. The second kappa shape index (κ2) is 10.2. The Morgan fingerprint density at radius 2 is 2.18 bits per heavy atom. The molecular weight excluding hydrogens is 396 g/mol. The molecule has 1 fully saturated rings. The zero-order valence-corrected chi connectivity index (χ0v) is 17.9. The number of nitrogens with one attached hydrogen (secondary N) is 1. The highest BCUT2D eigenvalue weighted by Gasteiger charge is 2.23. The molecule has 1 aliphatic rings. The van der Waals surface area contributed by atoms with Crippen LogP contribution in [0.5, 0.6) is 5.75 Å². The van der Waals surface area contributed by atoms with E-state index in [2.05, 4.69) is 20.1 Å². The third-order valence-corrected chi connectivity index (χ3v) is 5.84. The number of hydrogen-bond acceptors (Lipinski definition) is 5. The molecule has 0 bridgehead atoms. The fourth-order valence-corrected chi connectivity index (χ4v) is 4.30. The highest BCUT2D eigenvalue weighted by Crippen LogP contribution is 2.33. The Kier molecular flexibility index (Phi) is 7.62. The minimum Gasteiger partial charge on any atom is -0.481 e. The summed E-state index contributed by atoms with van der Waals surface area (Å²) < 4.78 is 7.96. The summed E-state index contributed by atoms with van der Waals surface area (Å²) in [7, 11) is 0. The van der Waals surface area contributed by atoms with Crippen molar-refractivity contribution in [1.29, 1.82) is 0 Å². The third-order valence-electron chi connectivity index (χ3n) is 4.96. The van der Waals surface area contributed by atoms with Crippen molar-refractivity contribution in [3.05, 3.63) is 35.1 Å². The molecule has 3 rings (SSSR count). The molecule has 28 heavy (non-hydrogen) atoms. The number of amides is 1. The van der Waals surface area contributed by atoms with Crippen molar-refractivity contribution in [1.82, 2.24) is 20.1 Å². The molecule has 1 amide bonds. The van der Waals surface area contributed by atoms with Gasteiger partial charge in [0.1, 0.15) is 11.6 Å². The topological polar surface area (TPSA) is 69.0 Å². The number of carbonyl (C=O) groups excluding carboxylic acids is 1. The van der Waals surface area contributed by atoms with E-state index in [0.717, 1.165) is 23.8 Å². The van der Waals surface area contributed by atoms with Gasteiger partial charge < -0.3 is 14.6 Å². The van der Waals surface area contributed by atoms with Gasteiger partial charge >= 0.3 is 0 Å². The molecule has 0 aliphatic heterocycles. The van der Waals surface area contributed by atoms with Gasteiger partial charge in [0.25, 0.3) is 5.91 Å². The van der Waals surface area contributed by atoms with Gasteiger partial charge in [-0.3, -0.25) is 4.79 Å². The smallest absolute Gasteiger partial charge is 0.260 e. The van der Waals surface area contributed by atoms with E-state index in [1.807, 2.05) is 6.26 Å². The minimum absolute atomic E-state index is 0.137. The lowest BCUT2D eigenvalue weighted by Gasteiger charge is -2.17. The summed E-state index contributed by atoms with van der Waals surface area (Å²) in [4.78, 5) is 12.3. The first-order valence-corrected chi connectivity index (χ1v) is 11.4. The molecule has 1 N–H and O–H groups in total. The number of benzene rings is 1. The largest absolute Gasteiger partial charge is 0.481 e. The van der Waals surface area contributed by atoms with Gasteiger partial charge in [-0.05, 0) is 50.6 Å². The van der Waals surface area contributed by atoms with Crippen molar-refractivity contribution in [2.45, 2.75) is 62.8 Å². The monoisotopic (exact) mass is 422 g/mol.